The van der Waals surface area contributed by atoms with Crippen molar-refractivity contribution in [2.75, 3.05) is 5.75 Å². The van der Waals surface area contributed by atoms with Gasteiger partial charge in [0.2, 0.25) is 0 Å². The number of rotatable bonds is 5. The fourth-order valence-electron chi connectivity index (χ4n) is 1.19. The van der Waals surface area contributed by atoms with E-state index in [2.05, 4.69) is 25.5 Å². The molecule has 0 aliphatic rings. The lowest BCUT2D eigenvalue weighted by atomic mass is 10.3. The third kappa shape index (κ3) is 3.79. The van der Waals surface area contributed by atoms with Gasteiger partial charge in [-0.15, -0.1) is 20.4 Å². The van der Waals surface area contributed by atoms with Gasteiger partial charge in [-0.3, -0.25) is 0 Å². The monoisotopic (exact) mass is 312 g/mol. The van der Waals surface area contributed by atoms with E-state index in [1.165, 1.54) is 11.3 Å². The minimum atomic E-state index is 0.404. The number of halogens is 1. The Labute approximate surface area is 122 Å². The van der Waals surface area contributed by atoms with Crippen LogP contribution in [0, 0.1) is 5.53 Å². The summed E-state index contributed by atoms with van der Waals surface area (Å²) >= 11 is 8.83. The molecule has 2 rings (SSSR count). The highest BCUT2D eigenvalue weighted by atomic mass is 35.5. The van der Waals surface area contributed by atoms with Crippen LogP contribution in [0.2, 0.25) is 5.02 Å². The van der Waals surface area contributed by atoms with Crippen molar-refractivity contribution >= 4 is 51.2 Å². The summed E-state index contributed by atoms with van der Waals surface area (Å²) in [7, 11) is 0. The second-order valence-corrected chi connectivity index (χ2v) is 6.13. The molecule has 0 aliphatic carbocycles. The molecule has 1 aromatic heterocycles. The first-order valence-corrected chi connectivity index (χ1v) is 7.46. The van der Waals surface area contributed by atoms with Crippen LogP contribution in [0.25, 0.3) is 0 Å². The molecule has 0 spiro atoms. The van der Waals surface area contributed by atoms with E-state index in [-0.39, 0.29) is 0 Å². The summed E-state index contributed by atoms with van der Waals surface area (Å²) in [6, 6.07) is 4.86. The fraction of sp³-hybridized carbons (Fsp3) is 0.200. The first kappa shape index (κ1) is 14.0. The average molecular weight is 313 g/mol. The van der Waals surface area contributed by atoms with E-state index in [1.807, 2.05) is 6.92 Å². The van der Waals surface area contributed by atoms with Gasteiger partial charge in [0.15, 0.2) is 4.34 Å². The maximum absolute atomic E-state index is 7.05. The molecule has 0 amide bonds. The summed E-state index contributed by atoms with van der Waals surface area (Å²) in [5.74, 6) is 0.932. The van der Waals surface area contributed by atoms with E-state index in [9.17, 15) is 0 Å². The lowest BCUT2D eigenvalue weighted by molar-refractivity contribution is 0.994. The van der Waals surface area contributed by atoms with Crippen molar-refractivity contribution < 1.29 is 0 Å². The van der Waals surface area contributed by atoms with Crippen molar-refractivity contribution in [1.82, 2.24) is 10.2 Å². The molecule has 1 heterocycles. The van der Waals surface area contributed by atoms with Crippen LogP contribution in [0.15, 0.2) is 37.9 Å². The highest BCUT2D eigenvalue weighted by Crippen LogP contribution is 2.33. The van der Waals surface area contributed by atoms with Crippen LogP contribution in [-0.4, -0.2) is 16.0 Å². The van der Waals surface area contributed by atoms with Crippen LogP contribution < -0.4 is 0 Å². The molecule has 0 saturated heterocycles. The Balaban J connectivity index is 2.21. The molecule has 0 fully saturated rings. The zero-order valence-electron chi connectivity index (χ0n) is 9.87. The SMILES string of the molecule is CCSc1nnc(N=Nc2cc(Cl)ccc2N=N)s1. The predicted molar refractivity (Wildman–Crippen MR) is 76.7 cm³/mol. The molecule has 0 aliphatic heterocycles. The molecule has 9 heteroatoms. The predicted octanol–water partition coefficient (Wildman–Crippen LogP) is 5.38. The van der Waals surface area contributed by atoms with Gasteiger partial charge >= 0.3 is 0 Å². The number of aromatic nitrogens is 2. The van der Waals surface area contributed by atoms with E-state index in [1.54, 1.807) is 30.0 Å². The van der Waals surface area contributed by atoms with Crippen LogP contribution in [0.1, 0.15) is 6.92 Å². The molecule has 0 atom stereocenters. The fourth-order valence-corrected chi connectivity index (χ4v) is 2.92. The van der Waals surface area contributed by atoms with Gasteiger partial charge in [-0.1, -0.05) is 41.6 Å². The maximum atomic E-state index is 7.05. The molecule has 0 unspecified atom stereocenters. The molecule has 98 valence electrons. The zero-order valence-corrected chi connectivity index (χ0v) is 12.3. The largest absolute Gasteiger partial charge is 0.252 e. The van der Waals surface area contributed by atoms with Crippen LogP contribution >= 0.6 is 34.7 Å². The Hall–Kier alpha value is -1.38. The molecule has 1 N–H and O–H groups in total. The minimum absolute atomic E-state index is 0.404. The minimum Gasteiger partial charge on any atom is -0.204 e. The Morgan fingerprint density at radius 3 is 2.89 bits per heavy atom. The molecule has 0 radical (unpaired) electrons. The highest BCUT2D eigenvalue weighted by molar-refractivity contribution is 8.01. The smallest absolute Gasteiger partial charge is 0.204 e. The van der Waals surface area contributed by atoms with E-state index in [0.29, 0.717) is 21.5 Å². The lowest BCUT2D eigenvalue weighted by Crippen LogP contribution is -1.70. The molecule has 2 aromatic rings. The van der Waals surface area contributed by atoms with Gasteiger partial charge in [-0.2, -0.15) is 5.11 Å². The van der Waals surface area contributed by atoms with Crippen molar-refractivity contribution in [2.45, 2.75) is 11.3 Å². The summed E-state index contributed by atoms with van der Waals surface area (Å²) in [6.07, 6.45) is 0. The molecular formula is C10H9ClN6S2. The van der Waals surface area contributed by atoms with Crippen LogP contribution in [0.5, 0.6) is 0 Å². The number of azo groups is 1. The van der Waals surface area contributed by atoms with Gasteiger partial charge in [0.1, 0.15) is 11.4 Å². The summed E-state index contributed by atoms with van der Waals surface area (Å²) in [5, 5.41) is 20.2. The molecule has 0 saturated carbocycles. The molecular weight excluding hydrogens is 304 g/mol. The van der Waals surface area contributed by atoms with E-state index < -0.39 is 0 Å². The van der Waals surface area contributed by atoms with E-state index in [0.717, 1.165) is 10.1 Å². The normalized spacial score (nSPS) is 11.1. The first-order valence-electron chi connectivity index (χ1n) is 5.28. The van der Waals surface area contributed by atoms with Crippen molar-refractivity contribution in [2.24, 2.45) is 15.3 Å². The summed E-state index contributed by atoms with van der Waals surface area (Å²) in [6.45, 7) is 2.04. The third-order valence-electron chi connectivity index (χ3n) is 1.96. The Kier molecular flexibility index (Phi) is 4.94. The van der Waals surface area contributed by atoms with Crippen molar-refractivity contribution in [1.29, 1.82) is 5.53 Å². The van der Waals surface area contributed by atoms with Crippen LogP contribution in [0.3, 0.4) is 0 Å². The highest BCUT2D eigenvalue weighted by Gasteiger charge is 2.04. The Morgan fingerprint density at radius 1 is 1.32 bits per heavy atom. The van der Waals surface area contributed by atoms with Gasteiger partial charge in [-0.25, -0.2) is 5.53 Å². The average Bonchev–Trinajstić information content (AvgIpc) is 2.85. The van der Waals surface area contributed by atoms with Crippen LogP contribution in [0.4, 0.5) is 16.5 Å². The quantitative estimate of drug-likeness (QED) is 0.593. The number of nitrogens with one attached hydrogen (secondary N) is 1. The zero-order chi connectivity index (χ0) is 13.7. The van der Waals surface area contributed by atoms with Crippen molar-refractivity contribution in [3.63, 3.8) is 0 Å². The lowest BCUT2D eigenvalue weighted by Gasteiger charge is -1.96. The maximum Gasteiger partial charge on any atom is 0.252 e. The second-order valence-electron chi connectivity index (χ2n) is 3.23. The van der Waals surface area contributed by atoms with Gasteiger partial charge < -0.3 is 0 Å². The molecule has 19 heavy (non-hydrogen) atoms. The molecule has 1 aromatic carbocycles. The summed E-state index contributed by atoms with van der Waals surface area (Å²) in [4.78, 5) is 0. The number of thioether (sulfide) groups is 1. The van der Waals surface area contributed by atoms with Gasteiger partial charge in [0, 0.05) is 5.02 Å². The Bertz CT molecular complexity index is 612. The summed E-state index contributed by atoms with van der Waals surface area (Å²) < 4.78 is 0.855. The topological polar surface area (TPSA) is 86.7 Å². The van der Waals surface area contributed by atoms with Crippen molar-refractivity contribution in [3.05, 3.63) is 23.2 Å². The van der Waals surface area contributed by atoms with E-state index in [4.69, 9.17) is 17.1 Å². The number of nitrogens with zero attached hydrogens (tertiary/aromatic N) is 5. The van der Waals surface area contributed by atoms with Gasteiger partial charge in [-0.05, 0) is 24.0 Å². The second kappa shape index (κ2) is 6.69. The Morgan fingerprint density at radius 2 is 2.16 bits per heavy atom. The third-order valence-corrected chi connectivity index (χ3v) is 4.02. The van der Waals surface area contributed by atoms with E-state index >= 15 is 0 Å². The molecule has 0 bridgehead atoms. The van der Waals surface area contributed by atoms with Gasteiger partial charge in [0.25, 0.3) is 5.13 Å². The first-order chi connectivity index (χ1) is 9.22. The van der Waals surface area contributed by atoms with Crippen molar-refractivity contribution in [3.8, 4) is 0 Å². The molecule has 6 nitrogen and oxygen atoms in total. The summed E-state index contributed by atoms with van der Waals surface area (Å²) in [5.41, 5.74) is 7.88. The van der Waals surface area contributed by atoms with Gasteiger partial charge in [0.05, 0.1) is 0 Å². The number of hydrogen-bond donors (Lipinski definition) is 1. The standard InChI is InChI=1S/C10H9ClN6S2/c1-2-18-10-17-16-9(19-10)15-14-8-5-6(11)3-4-7(8)13-12/h3-5,12H,2H2,1H3. The number of benzene rings is 1. The van der Waals surface area contributed by atoms with Crippen LogP contribution in [-0.2, 0) is 0 Å². The number of hydrogen-bond acceptors (Lipinski definition) is 8.